The maximum Gasteiger partial charge on any atom is 0.261 e. The molecule has 3 amide bonds. The van der Waals surface area contributed by atoms with E-state index in [4.69, 9.17) is 0 Å². The molecule has 0 unspecified atom stereocenters. The lowest BCUT2D eigenvalue weighted by Crippen LogP contribution is -2.37. The number of nitrogens with zero attached hydrogens (tertiary/aromatic N) is 1. The van der Waals surface area contributed by atoms with Crippen LogP contribution in [0, 0.1) is 5.92 Å². The van der Waals surface area contributed by atoms with E-state index in [1.54, 1.807) is 24.3 Å². The number of imide groups is 1. The van der Waals surface area contributed by atoms with E-state index in [2.05, 4.69) is 19.2 Å². The van der Waals surface area contributed by atoms with Gasteiger partial charge in [-0.1, -0.05) is 26.0 Å². The first-order chi connectivity index (χ1) is 10.9. The Morgan fingerprint density at radius 1 is 1.13 bits per heavy atom. The molecule has 0 saturated carbocycles. The highest BCUT2D eigenvalue weighted by molar-refractivity contribution is 7.99. The SMILES string of the molecule is CC(C)[C@H](C)NC(=O)CSCCN1C(=O)c2ccccc2C1=O. The van der Waals surface area contributed by atoms with E-state index in [0.717, 1.165) is 0 Å². The summed E-state index contributed by atoms with van der Waals surface area (Å²) in [6.07, 6.45) is 0. The molecule has 0 fully saturated rings. The summed E-state index contributed by atoms with van der Waals surface area (Å²) in [7, 11) is 0. The highest BCUT2D eigenvalue weighted by Gasteiger charge is 2.34. The van der Waals surface area contributed by atoms with Gasteiger partial charge in [0.15, 0.2) is 0 Å². The minimum absolute atomic E-state index is 0.0152. The Bertz CT molecular complexity index is 581. The average Bonchev–Trinajstić information content (AvgIpc) is 2.76. The molecule has 0 aromatic heterocycles. The summed E-state index contributed by atoms with van der Waals surface area (Å²) in [4.78, 5) is 37.4. The van der Waals surface area contributed by atoms with Gasteiger partial charge < -0.3 is 5.32 Å². The molecule has 1 aliphatic heterocycles. The van der Waals surface area contributed by atoms with Gasteiger partial charge in [0.05, 0.1) is 16.9 Å². The normalized spacial score (nSPS) is 15.0. The quantitative estimate of drug-likeness (QED) is 0.613. The number of carbonyl (C=O) groups excluding carboxylic acids is 3. The summed E-state index contributed by atoms with van der Waals surface area (Å²) in [5.74, 6) is 0.767. The van der Waals surface area contributed by atoms with Crippen LogP contribution in [-0.4, -0.2) is 46.7 Å². The molecule has 1 aliphatic rings. The van der Waals surface area contributed by atoms with E-state index in [1.807, 2.05) is 6.92 Å². The van der Waals surface area contributed by atoms with Gasteiger partial charge in [-0.3, -0.25) is 19.3 Å². The van der Waals surface area contributed by atoms with Crippen molar-refractivity contribution in [2.45, 2.75) is 26.8 Å². The lowest BCUT2D eigenvalue weighted by molar-refractivity contribution is -0.119. The van der Waals surface area contributed by atoms with Crippen LogP contribution in [0.25, 0.3) is 0 Å². The number of carbonyl (C=O) groups is 3. The van der Waals surface area contributed by atoms with E-state index in [9.17, 15) is 14.4 Å². The predicted molar refractivity (Wildman–Crippen MR) is 91.6 cm³/mol. The maximum atomic E-state index is 12.2. The van der Waals surface area contributed by atoms with Crippen molar-refractivity contribution in [3.05, 3.63) is 35.4 Å². The second-order valence-corrected chi connectivity index (χ2v) is 7.07. The molecular weight excluding hydrogens is 312 g/mol. The molecular formula is C17H22N2O3S. The van der Waals surface area contributed by atoms with Gasteiger partial charge in [0.1, 0.15) is 0 Å². The molecule has 1 atom stereocenters. The minimum Gasteiger partial charge on any atom is -0.353 e. The van der Waals surface area contributed by atoms with Gasteiger partial charge in [-0.05, 0) is 25.0 Å². The first-order valence-electron chi connectivity index (χ1n) is 7.74. The second-order valence-electron chi connectivity index (χ2n) is 5.96. The van der Waals surface area contributed by atoms with Gasteiger partial charge in [-0.25, -0.2) is 0 Å². The van der Waals surface area contributed by atoms with Crippen LogP contribution in [-0.2, 0) is 4.79 Å². The van der Waals surface area contributed by atoms with Crippen molar-refractivity contribution in [3.8, 4) is 0 Å². The molecule has 1 aromatic rings. The fourth-order valence-electron chi connectivity index (χ4n) is 2.23. The van der Waals surface area contributed by atoms with Crippen molar-refractivity contribution < 1.29 is 14.4 Å². The zero-order chi connectivity index (χ0) is 17.0. The van der Waals surface area contributed by atoms with Crippen molar-refractivity contribution in [2.24, 2.45) is 5.92 Å². The summed E-state index contributed by atoms with van der Waals surface area (Å²) in [6.45, 7) is 6.41. The molecule has 1 N–H and O–H groups in total. The molecule has 0 bridgehead atoms. The highest BCUT2D eigenvalue weighted by atomic mass is 32.2. The van der Waals surface area contributed by atoms with Crippen LogP contribution < -0.4 is 5.32 Å². The van der Waals surface area contributed by atoms with Gasteiger partial charge >= 0.3 is 0 Å². The third-order valence-corrected chi connectivity index (χ3v) is 4.90. The minimum atomic E-state index is -0.246. The highest BCUT2D eigenvalue weighted by Crippen LogP contribution is 2.22. The lowest BCUT2D eigenvalue weighted by atomic mass is 10.1. The van der Waals surface area contributed by atoms with Crippen LogP contribution in [0.15, 0.2) is 24.3 Å². The van der Waals surface area contributed by atoms with Gasteiger partial charge in [0.25, 0.3) is 11.8 Å². The fourth-order valence-corrected chi connectivity index (χ4v) is 2.95. The van der Waals surface area contributed by atoms with Crippen LogP contribution in [0.2, 0.25) is 0 Å². The molecule has 1 aromatic carbocycles. The summed E-state index contributed by atoms with van der Waals surface area (Å²) >= 11 is 1.43. The number of rotatable bonds is 7. The van der Waals surface area contributed by atoms with E-state index >= 15 is 0 Å². The molecule has 6 heteroatoms. The van der Waals surface area contributed by atoms with E-state index in [1.165, 1.54) is 16.7 Å². The molecule has 23 heavy (non-hydrogen) atoms. The molecule has 0 saturated heterocycles. The van der Waals surface area contributed by atoms with E-state index in [0.29, 0.717) is 35.1 Å². The van der Waals surface area contributed by atoms with Crippen molar-refractivity contribution in [1.29, 1.82) is 0 Å². The van der Waals surface area contributed by atoms with Crippen LogP contribution in [0.5, 0.6) is 0 Å². The van der Waals surface area contributed by atoms with Gasteiger partial charge in [0, 0.05) is 18.3 Å². The third-order valence-electron chi connectivity index (χ3n) is 3.96. The van der Waals surface area contributed by atoms with E-state index < -0.39 is 0 Å². The van der Waals surface area contributed by atoms with Crippen molar-refractivity contribution >= 4 is 29.5 Å². The summed E-state index contributed by atoms with van der Waals surface area (Å²) in [5, 5.41) is 2.93. The molecule has 0 aliphatic carbocycles. The Hall–Kier alpha value is -1.82. The zero-order valence-corrected chi connectivity index (χ0v) is 14.5. The maximum absolute atomic E-state index is 12.2. The van der Waals surface area contributed by atoms with Crippen LogP contribution in [0.4, 0.5) is 0 Å². The fraction of sp³-hybridized carbons (Fsp3) is 0.471. The Kier molecular flexibility index (Phi) is 5.82. The number of thioether (sulfide) groups is 1. The van der Waals surface area contributed by atoms with Crippen LogP contribution in [0.1, 0.15) is 41.5 Å². The number of nitrogens with one attached hydrogen (secondary N) is 1. The van der Waals surface area contributed by atoms with E-state index in [-0.39, 0.29) is 23.8 Å². The Labute approximate surface area is 140 Å². The van der Waals surface area contributed by atoms with Gasteiger partial charge in [0.2, 0.25) is 5.91 Å². The smallest absolute Gasteiger partial charge is 0.261 e. The van der Waals surface area contributed by atoms with Gasteiger partial charge in [-0.2, -0.15) is 11.8 Å². The topological polar surface area (TPSA) is 66.5 Å². The number of benzene rings is 1. The molecule has 2 rings (SSSR count). The predicted octanol–water partition coefficient (Wildman–Crippen LogP) is 2.18. The summed E-state index contributed by atoms with van der Waals surface area (Å²) in [5.41, 5.74) is 0.928. The zero-order valence-electron chi connectivity index (χ0n) is 13.7. The molecule has 0 radical (unpaired) electrons. The van der Waals surface area contributed by atoms with Crippen LogP contribution in [0.3, 0.4) is 0 Å². The molecule has 5 nitrogen and oxygen atoms in total. The van der Waals surface area contributed by atoms with Crippen molar-refractivity contribution in [1.82, 2.24) is 10.2 Å². The Balaban J connectivity index is 1.77. The third kappa shape index (κ3) is 4.13. The van der Waals surface area contributed by atoms with Gasteiger partial charge in [-0.15, -0.1) is 0 Å². The largest absolute Gasteiger partial charge is 0.353 e. The second kappa shape index (κ2) is 7.64. The lowest BCUT2D eigenvalue weighted by Gasteiger charge is -2.17. The summed E-state index contributed by atoms with van der Waals surface area (Å²) < 4.78 is 0. The number of amides is 3. The molecule has 1 heterocycles. The number of fused-ring (bicyclic) bond motifs is 1. The first kappa shape index (κ1) is 17.5. The van der Waals surface area contributed by atoms with Crippen molar-refractivity contribution in [3.63, 3.8) is 0 Å². The van der Waals surface area contributed by atoms with Crippen molar-refractivity contribution in [2.75, 3.05) is 18.1 Å². The number of hydrogen-bond acceptors (Lipinski definition) is 4. The Morgan fingerprint density at radius 2 is 1.70 bits per heavy atom. The summed E-state index contributed by atoms with van der Waals surface area (Å²) in [6, 6.07) is 6.98. The molecule has 124 valence electrons. The molecule has 0 spiro atoms. The monoisotopic (exact) mass is 334 g/mol. The first-order valence-corrected chi connectivity index (χ1v) is 8.89. The standard InChI is InChI=1S/C17H22N2O3S/c1-11(2)12(3)18-15(20)10-23-9-8-19-16(21)13-6-4-5-7-14(13)17(19)22/h4-7,11-12H,8-10H2,1-3H3,(H,18,20)/t12-/m0/s1. The van der Waals surface area contributed by atoms with Crippen LogP contribution >= 0.6 is 11.8 Å². The number of hydrogen-bond donors (Lipinski definition) is 1. The Morgan fingerprint density at radius 3 is 2.22 bits per heavy atom. The average molecular weight is 334 g/mol.